The minimum absolute atomic E-state index is 0.0589. The summed E-state index contributed by atoms with van der Waals surface area (Å²) in [4.78, 5) is 19.4. The van der Waals surface area contributed by atoms with Gasteiger partial charge in [-0.2, -0.15) is 0 Å². The lowest BCUT2D eigenvalue weighted by atomic mass is 10.0. The number of ether oxygens (including phenoxy) is 1. The number of aryl methyl sites for hydroxylation is 2. The van der Waals surface area contributed by atoms with E-state index in [1.54, 1.807) is 23.1 Å². The SMILES string of the molecule is COCCn1nnnc1CN(Cc1cccs1)Cc1cc2ccc(C)c(C)c2[nH]c1=O. The predicted octanol–water partition coefficient (Wildman–Crippen LogP) is 3.04. The van der Waals surface area contributed by atoms with Gasteiger partial charge in [-0.15, -0.1) is 16.4 Å². The molecular weight excluding hydrogens is 412 g/mol. The van der Waals surface area contributed by atoms with E-state index in [2.05, 4.69) is 55.9 Å². The normalized spacial score (nSPS) is 11.6. The van der Waals surface area contributed by atoms with Gasteiger partial charge >= 0.3 is 0 Å². The monoisotopic (exact) mass is 438 g/mol. The fourth-order valence-electron chi connectivity index (χ4n) is 3.61. The van der Waals surface area contributed by atoms with Gasteiger partial charge in [-0.25, -0.2) is 4.68 Å². The molecule has 0 atom stereocenters. The second-order valence-electron chi connectivity index (χ2n) is 7.63. The lowest BCUT2D eigenvalue weighted by Crippen LogP contribution is -2.28. The van der Waals surface area contributed by atoms with Gasteiger partial charge in [-0.05, 0) is 58.3 Å². The van der Waals surface area contributed by atoms with Gasteiger partial charge in [0.25, 0.3) is 5.56 Å². The van der Waals surface area contributed by atoms with Crippen molar-refractivity contribution in [2.45, 2.75) is 40.0 Å². The smallest absolute Gasteiger partial charge is 0.252 e. The van der Waals surface area contributed by atoms with Crippen LogP contribution in [0.25, 0.3) is 10.9 Å². The number of hydrogen-bond donors (Lipinski definition) is 1. The lowest BCUT2D eigenvalue weighted by molar-refractivity contribution is 0.177. The Morgan fingerprint density at radius 3 is 2.84 bits per heavy atom. The third-order valence-corrected chi connectivity index (χ3v) is 6.32. The third kappa shape index (κ3) is 4.90. The molecule has 4 aromatic rings. The number of aromatic nitrogens is 5. The Labute approximate surface area is 184 Å². The third-order valence-electron chi connectivity index (χ3n) is 5.46. The summed E-state index contributed by atoms with van der Waals surface area (Å²) < 4.78 is 6.91. The first-order valence-corrected chi connectivity index (χ1v) is 11.0. The molecule has 8 nitrogen and oxygen atoms in total. The summed E-state index contributed by atoms with van der Waals surface area (Å²) in [6, 6.07) is 10.3. The summed E-state index contributed by atoms with van der Waals surface area (Å²) in [6.45, 7) is 6.94. The quantitative estimate of drug-likeness (QED) is 0.432. The Morgan fingerprint density at radius 2 is 2.06 bits per heavy atom. The molecule has 0 saturated carbocycles. The summed E-state index contributed by atoms with van der Waals surface area (Å²) in [6.07, 6.45) is 0. The summed E-state index contributed by atoms with van der Waals surface area (Å²) in [5.41, 5.74) is 3.84. The standard InChI is InChI=1S/C22H26N6O2S/c1-15-6-7-17-11-18(22(29)23-21(17)16(15)2)12-27(13-19-5-4-10-31-19)14-20-24-25-26-28(20)8-9-30-3/h4-7,10-11H,8-9,12-14H2,1-3H3,(H,23,29). The maximum absolute atomic E-state index is 12.9. The van der Waals surface area contributed by atoms with E-state index in [0.29, 0.717) is 32.8 Å². The van der Waals surface area contributed by atoms with Crippen molar-refractivity contribution in [2.24, 2.45) is 0 Å². The Kier molecular flexibility index (Phi) is 6.55. The van der Waals surface area contributed by atoms with Crippen molar-refractivity contribution in [3.8, 4) is 0 Å². The van der Waals surface area contributed by atoms with Crippen LogP contribution in [0, 0.1) is 13.8 Å². The molecule has 0 unspecified atom stereocenters. The molecule has 0 fully saturated rings. The second-order valence-corrected chi connectivity index (χ2v) is 8.66. The molecule has 4 rings (SSSR count). The van der Waals surface area contributed by atoms with Gasteiger partial charge in [0.05, 0.1) is 25.2 Å². The molecule has 0 aliphatic heterocycles. The number of fused-ring (bicyclic) bond motifs is 1. The van der Waals surface area contributed by atoms with E-state index in [4.69, 9.17) is 4.74 Å². The van der Waals surface area contributed by atoms with Crippen molar-refractivity contribution < 1.29 is 4.74 Å². The highest BCUT2D eigenvalue weighted by molar-refractivity contribution is 7.09. The van der Waals surface area contributed by atoms with Crippen LogP contribution in [-0.4, -0.2) is 43.8 Å². The molecule has 0 aliphatic rings. The van der Waals surface area contributed by atoms with E-state index in [1.807, 2.05) is 19.1 Å². The summed E-state index contributed by atoms with van der Waals surface area (Å²) >= 11 is 1.70. The Hall–Kier alpha value is -2.88. The molecule has 3 heterocycles. The zero-order valence-electron chi connectivity index (χ0n) is 18.0. The molecule has 31 heavy (non-hydrogen) atoms. The summed E-state index contributed by atoms with van der Waals surface area (Å²) in [7, 11) is 1.66. The average Bonchev–Trinajstić information content (AvgIpc) is 3.42. The van der Waals surface area contributed by atoms with E-state index in [-0.39, 0.29) is 5.56 Å². The number of H-pyrrole nitrogens is 1. The number of aromatic amines is 1. The number of nitrogens with one attached hydrogen (secondary N) is 1. The molecule has 3 aromatic heterocycles. The molecule has 9 heteroatoms. The van der Waals surface area contributed by atoms with Crippen LogP contribution in [0.2, 0.25) is 0 Å². The van der Waals surface area contributed by atoms with Gasteiger partial charge in [-0.1, -0.05) is 18.2 Å². The topological polar surface area (TPSA) is 88.9 Å². The fourth-order valence-corrected chi connectivity index (χ4v) is 4.35. The van der Waals surface area contributed by atoms with E-state index in [9.17, 15) is 4.79 Å². The molecule has 162 valence electrons. The van der Waals surface area contributed by atoms with Gasteiger partial charge < -0.3 is 9.72 Å². The van der Waals surface area contributed by atoms with E-state index < -0.39 is 0 Å². The minimum atomic E-state index is -0.0589. The minimum Gasteiger partial charge on any atom is -0.383 e. The average molecular weight is 439 g/mol. The first-order chi connectivity index (χ1) is 15.0. The zero-order valence-corrected chi connectivity index (χ0v) is 18.8. The van der Waals surface area contributed by atoms with Crippen LogP contribution in [0.15, 0.2) is 40.5 Å². The van der Waals surface area contributed by atoms with E-state index >= 15 is 0 Å². The van der Waals surface area contributed by atoms with Crippen LogP contribution in [0.4, 0.5) is 0 Å². The van der Waals surface area contributed by atoms with Crippen molar-refractivity contribution in [1.82, 2.24) is 30.1 Å². The maximum atomic E-state index is 12.9. The number of methoxy groups -OCH3 is 1. The largest absolute Gasteiger partial charge is 0.383 e. The van der Waals surface area contributed by atoms with E-state index in [0.717, 1.165) is 33.4 Å². The Bertz CT molecular complexity index is 1210. The Balaban J connectivity index is 1.63. The van der Waals surface area contributed by atoms with E-state index in [1.165, 1.54) is 4.88 Å². The summed E-state index contributed by atoms with van der Waals surface area (Å²) in [5.74, 6) is 0.747. The first kappa shape index (κ1) is 21.4. The number of thiophene rings is 1. The molecule has 0 aliphatic carbocycles. The molecule has 0 amide bonds. The van der Waals surface area contributed by atoms with Crippen LogP contribution in [0.3, 0.4) is 0 Å². The van der Waals surface area contributed by atoms with Crippen molar-refractivity contribution in [1.29, 1.82) is 0 Å². The molecule has 0 radical (unpaired) electrons. The van der Waals surface area contributed by atoms with Gasteiger partial charge in [0.15, 0.2) is 5.82 Å². The predicted molar refractivity (Wildman–Crippen MR) is 121 cm³/mol. The van der Waals surface area contributed by atoms with Gasteiger partial charge in [0, 0.05) is 30.6 Å². The van der Waals surface area contributed by atoms with Crippen molar-refractivity contribution >= 4 is 22.2 Å². The maximum Gasteiger partial charge on any atom is 0.252 e. The van der Waals surface area contributed by atoms with Gasteiger partial charge in [-0.3, -0.25) is 9.69 Å². The van der Waals surface area contributed by atoms with Gasteiger partial charge in [0.1, 0.15) is 0 Å². The number of nitrogens with zero attached hydrogens (tertiary/aromatic N) is 5. The molecular formula is C22H26N6O2S. The van der Waals surface area contributed by atoms with Crippen LogP contribution >= 0.6 is 11.3 Å². The number of tetrazole rings is 1. The molecule has 0 saturated heterocycles. The summed E-state index contributed by atoms with van der Waals surface area (Å²) in [5, 5.41) is 15.2. The number of rotatable bonds is 9. The van der Waals surface area contributed by atoms with Crippen molar-refractivity contribution in [3.05, 3.63) is 73.5 Å². The van der Waals surface area contributed by atoms with Crippen molar-refractivity contribution in [2.75, 3.05) is 13.7 Å². The van der Waals surface area contributed by atoms with Crippen LogP contribution in [-0.2, 0) is 30.9 Å². The van der Waals surface area contributed by atoms with Gasteiger partial charge in [0.2, 0.25) is 0 Å². The fraction of sp³-hybridized carbons (Fsp3) is 0.364. The van der Waals surface area contributed by atoms with Crippen LogP contribution in [0.5, 0.6) is 0 Å². The Morgan fingerprint density at radius 1 is 1.19 bits per heavy atom. The molecule has 0 bridgehead atoms. The lowest BCUT2D eigenvalue weighted by Gasteiger charge is -2.21. The highest BCUT2D eigenvalue weighted by atomic mass is 32.1. The highest BCUT2D eigenvalue weighted by Gasteiger charge is 2.16. The first-order valence-electron chi connectivity index (χ1n) is 10.2. The molecule has 0 spiro atoms. The highest BCUT2D eigenvalue weighted by Crippen LogP contribution is 2.21. The molecule has 1 N–H and O–H groups in total. The number of pyridine rings is 1. The van der Waals surface area contributed by atoms with Crippen molar-refractivity contribution in [3.63, 3.8) is 0 Å². The second kappa shape index (κ2) is 9.51. The van der Waals surface area contributed by atoms with Crippen LogP contribution in [0.1, 0.15) is 27.4 Å². The van der Waals surface area contributed by atoms with Crippen LogP contribution < -0.4 is 5.56 Å². The number of hydrogen-bond acceptors (Lipinski definition) is 7. The molecule has 1 aromatic carbocycles. The number of benzene rings is 1. The zero-order chi connectivity index (χ0) is 21.8.